The molecule has 2 atom stereocenters. The van der Waals surface area contributed by atoms with Crippen molar-refractivity contribution in [3.8, 4) is 5.75 Å². The summed E-state index contributed by atoms with van der Waals surface area (Å²) in [6.07, 6.45) is 2.34. The van der Waals surface area contributed by atoms with E-state index >= 15 is 0 Å². The van der Waals surface area contributed by atoms with Gasteiger partial charge in [0.1, 0.15) is 11.2 Å². The van der Waals surface area contributed by atoms with Crippen LogP contribution in [-0.4, -0.2) is 65.5 Å². The Morgan fingerprint density at radius 3 is 2.88 bits per heavy atom. The Morgan fingerprint density at radius 2 is 2.19 bits per heavy atom. The van der Waals surface area contributed by atoms with Crippen molar-refractivity contribution in [2.75, 3.05) is 32.8 Å². The Labute approximate surface area is 150 Å². The zero-order chi connectivity index (χ0) is 18.5. The molecular weight excluding hydrogens is 336 g/mol. The molecule has 2 saturated heterocycles. The molecule has 1 aromatic carbocycles. The molecule has 2 amide bonds. The number of carboxylic acid groups (broad SMARTS) is 1. The lowest BCUT2D eigenvalue weighted by Crippen LogP contribution is -2.42. The number of hydrogen-bond acceptors (Lipinski definition) is 4. The third kappa shape index (κ3) is 2.30. The smallest absolute Gasteiger partial charge is 0.314 e. The third-order valence-corrected chi connectivity index (χ3v) is 5.62. The predicted octanol–water partition coefficient (Wildman–Crippen LogP) is 0.793. The van der Waals surface area contributed by atoms with Crippen LogP contribution in [0.5, 0.6) is 5.75 Å². The quantitative estimate of drug-likeness (QED) is 0.806. The highest BCUT2D eigenvalue weighted by Gasteiger charge is 2.62. The van der Waals surface area contributed by atoms with E-state index < -0.39 is 17.3 Å². The number of aliphatic carboxylic acids is 1. The first-order valence-corrected chi connectivity index (χ1v) is 8.64. The van der Waals surface area contributed by atoms with E-state index in [0.29, 0.717) is 18.7 Å². The summed E-state index contributed by atoms with van der Waals surface area (Å²) in [5.74, 6) is -1.40. The van der Waals surface area contributed by atoms with Gasteiger partial charge in [0.15, 0.2) is 0 Å². The monoisotopic (exact) mass is 356 g/mol. The standard InChI is InChI=1S/C19H20N2O5/c1-2-6-20-10-19(18(24)25)11-21(9-14(19)17(20)23)16(22)13-3-4-15-12(8-13)5-7-26-15/h2-4,8,14H,1,5-7,9-11H2,(H,24,25)/t14-,19+/m0/s1. The Morgan fingerprint density at radius 1 is 1.38 bits per heavy atom. The summed E-state index contributed by atoms with van der Waals surface area (Å²) in [7, 11) is 0. The second kappa shape index (κ2) is 5.86. The van der Waals surface area contributed by atoms with Crippen molar-refractivity contribution in [3.05, 3.63) is 42.0 Å². The van der Waals surface area contributed by atoms with Crippen LogP contribution in [0, 0.1) is 11.3 Å². The number of rotatable bonds is 4. The van der Waals surface area contributed by atoms with E-state index in [4.69, 9.17) is 4.74 Å². The van der Waals surface area contributed by atoms with Crippen molar-refractivity contribution >= 4 is 17.8 Å². The summed E-state index contributed by atoms with van der Waals surface area (Å²) in [6, 6.07) is 5.27. The fraction of sp³-hybridized carbons (Fsp3) is 0.421. The van der Waals surface area contributed by atoms with Gasteiger partial charge in [-0.3, -0.25) is 14.4 Å². The largest absolute Gasteiger partial charge is 0.493 e. The molecule has 2 fully saturated rings. The SMILES string of the molecule is C=CCN1C[C@@]2(C(=O)O)CN(C(=O)c3ccc4c(c3)CCO4)C[C@H]2C1=O. The van der Waals surface area contributed by atoms with Crippen LogP contribution in [0.3, 0.4) is 0 Å². The number of carbonyl (C=O) groups excluding carboxylic acids is 2. The number of nitrogens with zero attached hydrogens (tertiary/aromatic N) is 2. The van der Waals surface area contributed by atoms with E-state index in [1.807, 2.05) is 0 Å². The molecule has 3 aliphatic rings. The molecule has 136 valence electrons. The van der Waals surface area contributed by atoms with Crippen LogP contribution in [0.2, 0.25) is 0 Å². The molecule has 0 saturated carbocycles. The zero-order valence-corrected chi connectivity index (χ0v) is 14.3. The summed E-state index contributed by atoms with van der Waals surface area (Å²) in [4.78, 5) is 40.5. The Balaban J connectivity index is 1.59. The normalized spacial score (nSPS) is 26.5. The maximum atomic E-state index is 12.9. The van der Waals surface area contributed by atoms with Crippen molar-refractivity contribution in [1.82, 2.24) is 9.80 Å². The summed E-state index contributed by atoms with van der Waals surface area (Å²) >= 11 is 0. The molecule has 7 nitrogen and oxygen atoms in total. The van der Waals surface area contributed by atoms with Crippen LogP contribution in [0.15, 0.2) is 30.9 Å². The number of hydrogen-bond donors (Lipinski definition) is 1. The van der Waals surface area contributed by atoms with Crippen LogP contribution >= 0.6 is 0 Å². The van der Waals surface area contributed by atoms with Gasteiger partial charge in [0.25, 0.3) is 5.91 Å². The van der Waals surface area contributed by atoms with E-state index in [0.717, 1.165) is 17.7 Å². The van der Waals surface area contributed by atoms with E-state index in [1.54, 1.807) is 24.3 Å². The summed E-state index contributed by atoms with van der Waals surface area (Å²) in [5.41, 5.74) is 0.247. The molecule has 0 radical (unpaired) electrons. The zero-order valence-electron chi connectivity index (χ0n) is 14.3. The number of carboxylic acids is 1. The van der Waals surface area contributed by atoms with E-state index in [9.17, 15) is 19.5 Å². The lowest BCUT2D eigenvalue weighted by atomic mass is 9.81. The summed E-state index contributed by atoms with van der Waals surface area (Å²) in [5, 5.41) is 9.82. The molecule has 7 heteroatoms. The third-order valence-electron chi connectivity index (χ3n) is 5.62. The average Bonchev–Trinajstić information content (AvgIpc) is 3.29. The van der Waals surface area contributed by atoms with Crippen molar-refractivity contribution in [3.63, 3.8) is 0 Å². The molecule has 0 spiro atoms. The summed E-state index contributed by atoms with van der Waals surface area (Å²) in [6.45, 7) is 4.83. The van der Waals surface area contributed by atoms with Gasteiger partial charge in [0.2, 0.25) is 5.91 Å². The number of carbonyl (C=O) groups is 3. The maximum absolute atomic E-state index is 12.9. The summed E-state index contributed by atoms with van der Waals surface area (Å²) < 4.78 is 5.45. The molecule has 26 heavy (non-hydrogen) atoms. The van der Waals surface area contributed by atoms with Crippen molar-refractivity contribution < 1.29 is 24.2 Å². The van der Waals surface area contributed by atoms with Gasteiger partial charge in [-0.2, -0.15) is 0 Å². The van der Waals surface area contributed by atoms with Gasteiger partial charge < -0.3 is 19.6 Å². The van der Waals surface area contributed by atoms with E-state index in [-0.39, 0.29) is 31.4 Å². The lowest BCUT2D eigenvalue weighted by Gasteiger charge is -2.25. The lowest BCUT2D eigenvalue weighted by molar-refractivity contribution is -0.149. The number of likely N-dealkylation sites (tertiary alicyclic amines) is 2. The van der Waals surface area contributed by atoms with Gasteiger partial charge in [0, 0.05) is 38.2 Å². The second-order valence-corrected chi connectivity index (χ2v) is 7.13. The Kier molecular flexibility index (Phi) is 3.75. The number of benzene rings is 1. The molecule has 0 aromatic heterocycles. The minimum Gasteiger partial charge on any atom is -0.493 e. The highest BCUT2D eigenvalue weighted by molar-refractivity contribution is 5.98. The Bertz CT molecular complexity index is 820. The van der Waals surface area contributed by atoms with E-state index in [1.165, 1.54) is 9.80 Å². The highest BCUT2D eigenvalue weighted by Crippen LogP contribution is 2.44. The van der Waals surface area contributed by atoms with Crippen LogP contribution < -0.4 is 4.74 Å². The van der Waals surface area contributed by atoms with Gasteiger partial charge in [-0.05, 0) is 23.8 Å². The van der Waals surface area contributed by atoms with Crippen LogP contribution in [0.25, 0.3) is 0 Å². The molecular formula is C19H20N2O5. The molecule has 1 aromatic rings. The number of amides is 2. The molecule has 0 unspecified atom stereocenters. The van der Waals surface area contributed by atoms with Gasteiger partial charge in [-0.15, -0.1) is 6.58 Å². The van der Waals surface area contributed by atoms with Crippen LogP contribution in [0.4, 0.5) is 0 Å². The second-order valence-electron chi connectivity index (χ2n) is 7.13. The maximum Gasteiger partial charge on any atom is 0.314 e. The topological polar surface area (TPSA) is 87.2 Å². The van der Waals surface area contributed by atoms with Gasteiger partial charge >= 0.3 is 5.97 Å². The molecule has 4 rings (SSSR count). The molecule has 3 heterocycles. The van der Waals surface area contributed by atoms with Crippen LogP contribution in [-0.2, 0) is 16.0 Å². The van der Waals surface area contributed by atoms with E-state index in [2.05, 4.69) is 6.58 Å². The minimum atomic E-state index is -1.24. The highest BCUT2D eigenvalue weighted by atomic mass is 16.5. The average molecular weight is 356 g/mol. The van der Waals surface area contributed by atoms with Gasteiger partial charge in [-0.25, -0.2) is 0 Å². The molecule has 1 N–H and O–H groups in total. The fourth-order valence-electron chi connectivity index (χ4n) is 4.28. The van der Waals surface area contributed by atoms with Crippen molar-refractivity contribution in [1.29, 1.82) is 0 Å². The first-order valence-electron chi connectivity index (χ1n) is 8.64. The molecule has 0 aliphatic carbocycles. The predicted molar refractivity (Wildman–Crippen MR) is 91.9 cm³/mol. The Hall–Kier alpha value is -2.83. The number of fused-ring (bicyclic) bond motifs is 2. The van der Waals surface area contributed by atoms with Crippen molar-refractivity contribution in [2.24, 2.45) is 11.3 Å². The van der Waals surface area contributed by atoms with Gasteiger partial charge in [0.05, 0.1) is 12.5 Å². The first kappa shape index (κ1) is 16.6. The molecule has 0 bridgehead atoms. The van der Waals surface area contributed by atoms with Crippen molar-refractivity contribution in [2.45, 2.75) is 6.42 Å². The minimum absolute atomic E-state index is 0.0405. The fourth-order valence-corrected chi connectivity index (χ4v) is 4.28. The first-order chi connectivity index (χ1) is 12.5. The van der Waals surface area contributed by atoms with Gasteiger partial charge in [-0.1, -0.05) is 6.08 Å². The number of ether oxygens (including phenoxy) is 1. The molecule has 3 aliphatic heterocycles. The van der Waals surface area contributed by atoms with Crippen LogP contribution in [0.1, 0.15) is 15.9 Å².